The molecule has 0 atom stereocenters. The van der Waals surface area contributed by atoms with Gasteiger partial charge < -0.3 is 9.47 Å². The van der Waals surface area contributed by atoms with E-state index in [4.69, 9.17) is 9.47 Å². The highest BCUT2D eigenvalue weighted by molar-refractivity contribution is 5.59. The standard InChI is InChI=1S/C21H38O3/c22-21-23-19-17-15-13-11-9-7-5-3-1-2-4-6-8-10-12-14-16-18-20-24-21/h1-2H,3-20H2/b2-1-. The molecule has 0 amide bonds. The molecule has 0 aromatic carbocycles. The maximum atomic E-state index is 11.4. The first-order chi connectivity index (χ1) is 11.9. The zero-order chi connectivity index (χ0) is 17.1. The molecular formula is C21H38O3. The summed E-state index contributed by atoms with van der Waals surface area (Å²) in [5.41, 5.74) is 0. The van der Waals surface area contributed by atoms with E-state index >= 15 is 0 Å². The molecule has 0 aliphatic carbocycles. The minimum atomic E-state index is -0.485. The highest BCUT2D eigenvalue weighted by atomic mass is 16.7. The number of ether oxygens (including phenoxy) is 2. The van der Waals surface area contributed by atoms with Crippen molar-refractivity contribution in [1.82, 2.24) is 0 Å². The van der Waals surface area contributed by atoms with Gasteiger partial charge in [-0.15, -0.1) is 0 Å². The van der Waals surface area contributed by atoms with Gasteiger partial charge in [-0.1, -0.05) is 76.4 Å². The molecule has 0 fully saturated rings. The molecule has 0 N–H and O–H groups in total. The summed E-state index contributed by atoms with van der Waals surface area (Å²) >= 11 is 0. The number of hydrogen-bond donors (Lipinski definition) is 0. The van der Waals surface area contributed by atoms with E-state index in [9.17, 15) is 4.79 Å². The van der Waals surface area contributed by atoms with Gasteiger partial charge in [0.25, 0.3) is 0 Å². The molecule has 0 bridgehead atoms. The van der Waals surface area contributed by atoms with E-state index in [0.29, 0.717) is 13.2 Å². The van der Waals surface area contributed by atoms with Crippen LogP contribution in [0.5, 0.6) is 0 Å². The van der Waals surface area contributed by atoms with Crippen molar-refractivity contribution in [2.75, 3.05) is 13.2 Å². The number of cyclic esters (lactones) is 2. The van der Waals surface area contributed by atoms with Gasteiger partial charge in [0.15, 0.2) is 0 Å². The van der Waals surface area contributed by atoms with Crippen molar-refractivity contribution in [2.45, 2.75) is 103 Å². The fourth-order valence-corrected chi connectivity index (χ4v) is 3.08. The first-order valence-corrected chi connectivity index (χ1v) is 10.3. The Balaban J connectivity index is 2.13. The van der Waals surface area contributed by atoms with Gasteiger partial charge in [-0.2, -0.15) is 0 Å². The lowest BCUT2D eigenvalue weighted by atomic mass is 10.1. The molecule has 0 aromatic heterocycles. The molecule has 3 heteroatoms. The summed E-state index contributed by atoms with van der Waals surface area (Å²) in [6.45, 7) is 1.01. The highest BCUT2D eigenvalue weighted by Gasteiger charge is 2.03. The summed E-state index contributed by atoms with van der Waals surface area (Å²) in [6.07, 6.45) is 24.0. The van der Waals surface area contributed by atoms with Crippen LogP contribution in [0.2, 0.25) is 0 Å². The van der Waals surface area contributed by atoms with Gasteiger partial charge in [-0.25, -0.2) is 4.79 Å². The Morgan fingerprint density at radius 1 is 0.500 bits per heavy atom. The average Bonchev–Trinajstić information content (AvgIpc) is 2.58. The second-order valence-electron chi connectivity index (χ2n) is 6.95. The molecule has 0 saturated heterocycles. The third-order valence-electron chi connectivity index (χ3n) is 4.64. The average molecular weight is 339 g/mol. The van der Waals surface area contributed by atoms with Crippen LogP contribution < -0.4 is 0 Å². The molecule has 0 saturated carbocycles. The van der Waals surface area contributed by atoms with Crippen LogP contribution in [0.4, 0.5) is 4.79 Å². The van der Waals surface area contributed by atoms with Crippen LogP contribution in [-0.2, 0) is 9.47 Å². The van der Waals surface area contributed by atoms with E-state index in [1.165, 1.54) is 77.0 Å². The topological polar surface area (TPSA) is 35.5 Å². The fourth-order valence-electron chi connectivity index (χ4n) is 3.08. The predicted octanol–water partition coefficient (Wildman–Crippen LogP) is 6.95. The predicted molar refractivity (Wildman–Crippen MR) is 100 cm³/mol. The minimum absolute atomic E-state index is 0.485. The summed E-state index contributed by atoms with van der Waals surface area (Å²) in [5.74, 6) is 0. The van der Waals surface area contributed by atoms with Crippen LogP contribution in [0, 0.1) is 0 Å². The molecule has 140 valence electrons. The van der Waals surface area contributed by atoms with Crippen molar-refractivity contribution in [3.8, 4) is 0 Å². The second-order valence-corrected chi connectivity index (χ2v) is 6.95. The number of carbonyl (C=O) groups excluding carboxylic acids is 1. The molecule has 1 aliphatic rings. The lowest BCUT2D eigenvalue weighted by Gasteiger charge is -2.06. The van der Waals surface area contributed by atoms with Crippen molar-refractivity contribution in [3.63, 3.8) is 0 Å². The van der Waals surface area contributed by atoms with Crippen LogP contribution in [0.3, 0.4) is 0 Å². The van der Waals surface area contributed by atoms with Crippen LogP contribution in [0.15, 0.2) is 12.2 Å². The van der Waals surface area contributed by atoms with Crippen LogP contribution in [0.1, 0.15) is 103 Å². The van der Waals surface area contributed by atoms with Crippen molar-refractivity contribution in [2.24, 2.45) is 0 Å². The van der Waals surface area contributed by atoms with Crippen molar-refractivity contribution in [1.29, 1.82) is 0 Å². The normalized spacial score (nSPS) is 23.6. The Morgan fingerprint density at radius 3 is 1.25 bits per heavy atom. The molecule has 0 aromatic rings. The van der Waals surface area contributed by atoms with E-state index in [2.05, 4.69) is 12.2 Å². The van der Waals surface area contributed by atoms with Gasteiger partial charge in [0.2, 0.25) is 0 Å². The summed E-state index contributed by atoms with van der Waals surface area (Å²) < 4.78 is 10.2. The first-order valence-electron chi connectivity index (χ1n) is 10.3. The zero-order valence-corrected chi connectivity index (χ0v) is 15.6. The zero-order valence-electron chi connectivity index (χ0n) is 15.6. The number of carbonyl (C=O) groups is 1. The van der Waals surface area contributed by atoms with Crippen LogP contribution in [-0.4, -0.2) is 19.4 Å². The Hall–Kier alpha value is -0.990. The quantitative estimate of drug-likeness (QED) is 0.354. The van der Waals surface area contributed by atoms with Crippen LogP contribution in [0.25, 0.3) is 0 Å². The fraction of sp³-hybridized carbons (Fsp3) is 0.857. The molecule has 3 nitrogen and oxygen atoms in total. The van der Waals surface area contributed by atoms with Crippen molar-refractivity contribution < 1.29 is 14.3 Å². The van der Waals surface area contributed by atoms with E-state index in [-0.39, 0.29) is 0 Å². The lowest BCUT2D eigenvalue weighted by molar-refractivity contribution is 0.0529. The summed E-state index contributed by atoms with van der Waals surface area (Å²) in [5, 5.41) is 0. The molecule has 1 aliphatic heterocycles. The van der Waals surface area contributed by atoms with Gasteiger partial charge in [0.05, 0.1) is 13.2 Å². The molecule has 0 spiro atoms. The Morgan fingerprint density at radius 2 is 0.833 bits per heavy atom. The summed E-state index contributed by atoms with van der Waals surface area (Å²) in [6, 6.07) is 0. The van der Waals surface area contributed by atoms with Crippen molar-refractivity contribution in [3.05, 3.63) is 12.2 Å². The van der Waals surface area contributed by atoms with E-state index < -0.39 is 6.16 Å². The first kappa shape index (κ1) is 21.1. The molecule has 0 unspecified atom stereocenters. The van der Waals surface area contributed by atoms with Gasteiger partial charge in [-0.3, -0.25) is 0 Å². The number of hydrogen-bond acceptors (Lipinski definition) is 3. The Bertz CT molecular complexity index is 284. The SMILES string of the molecule is O=C1OCCCCCCCCC/C=C\CCCCCCCCCO1. The minimum Gasteiger partial charge on any atom is -0.434 e. The van der Waals surface area contributed by atoms with Gasteiger partial charge in [0, 0.05) is 0 Å². The van der Waals surface area contributed by atoms with Gasteiger partial charge in [-0.05, 0) is 38.5 Å². The highest BCUT2D eigenvalue weighted by Crippen LogP contribution is 2.11. The summed E-state index contributed by atoms with van der Waals surface area (Å²) in [7, 11) is 0. The molecule has 24 heavy (non-hydrogen) atoms. The van der Waals surface area contributed by atoms with Gasteiger partial charge in [0.1, 0.15) is 0 Å². The Kier molecular flexibility index (Phi) is 14.8. The maximum absolute atomic E-state index is 11.4. The van der Waals surface area contributed by atoms with E-state index in [0.717, 1.165) is 25.7 Å². The van der Waals surface area contributed by atoms with Gasteiger partial charge >= 0.3 is 6.16 Å². The third-order valence-corrected chi connectivity index (χ3v) is 4.64. The molecular weight excluding hydrogens is 300 g/mol. The smallest absolute Gasteiger partial charge is 0.434 e. The number of allylic oxidation sites excluding steroid dienone is 2. The monoisotopic (exact) mass is 338 g/mol. The lowest BCUT2D eigenvalue weighted by Crippen LogP contribution is -2.09. The largest absolute Gasteiger partial charge is 0.508 e. The van der Waals surface area contributed by atoms with Crippen molar-refractivity contribution >= 4 is 6.16 Å². The Labute approximate surface area is 149 Å². The molecule has 1 rings (SSSR count). The van der Waals surface area contributed by atoms with E-state index in [1.807, 2.05) is 0 Å². The number of rotatable bonds is 0. The van der Waals surface area contributed by atoms with E-state index in [1.54, 1.807) is 0 Å². The summed E-state index contributed by atoms with van der Waals surface area (Å²) in [4.78, 5) is 11.4. The molecule has 1 heterocycles. The third kappa shape index (κ3) is 14.6. The second kappa shape index (κ2) is 16.9. The van der Waals surface area contributed by atoms with Crippen LogP contribution >= 0.6 is 0 Å². The molecule has 0 radical (unpaired) electrons. The maximum Gasteiger partial charge on any atom is 0.508 e.